The number of phenolic OH excluding ortho intramolecular Hbond substituents is 1. The first-order valence-corrected chi connectivity index (χ1v) is 9.99. The fraction of sp³-hybridized carbons (Fsp3) is 0.364. The fourth-order valence-electron chi connectivity index (χ4n) is 4.58. The minimum atomic E-state index is -1.51. The Bertz CT molecular complexity index is 1200. The number of nitrogens with zero attached hydrogens (tertiary/aromatic N) is 5. The minimum Gasteiger partial charge on any atom is -0.507 e. The molecule has 0 radical (unpaired) electrons. The number of rotatable bonds is 3. The normalized spacial score (nSPS) is 32.1. The van der Waals surface area contributed by atoms with Crippen LogP contribution in [0.4, 0.5) is 8.78 Å². The van der Waals surface area contributed by atoms with E-state index in [1.807, 2.05) is 0 Å². The lowest BCUT2D eigenvalue weighted by Crippen LogP contribution is -2.58. The number of halogens is 2. The van der Waals surface area contributed by atoms with E-state index < -0.39 is 23.4 Å². The summed E-state index contributed by atoms with van der Waals surface area (Å²) in [6.07, 6.45) is 3.75. The summed E-state index contributed by atoms with van der Waals surface area (Å²) in [4.78, 5) is 8.21. The smallest absolute Gasteiger partial charge is 0.185 e. The highest BCUT2D eigenvalue weighted by Crippen LogP contribution is 2.47. The van der Waals surface area contributed by atoms with Crippen LogP contribution in [0, 0.1) is 0 Å². The van der Waals surface area contributed by atoms with E-state index in [2.05, 4.69) is 25.5 Å². The molecule has 4 heterocycles. The van der Waals surface area contributed by atoms with Gasteiger partial charge in [-0.3, -0.25) is 0 Å². The molecule has 5 rings (SSSR count). The van der Waals surface area contributed by atoms with E-state index in [0.717, 1.165) is 0 Å². The molecule has 2 aliphatic heterocycles. The number of fused-ring (bicyclic) bond motifs is 2. The second-order valence-corrected chi connectivity index (χ2v) is 8.66. The van der Waals surface area contributed by atoms with Gasteiger partial charge in [0.25, 0.3) is 0 Å². The number of hydrogen-bond acceptors (Lipinski definition) is 6. The van der Waals surface area contributed by atoms with Gasteiger partial charge in [-0.2, -0.15) is 0 Å². The Labute approximate surface area is 179 Å². The molecule has 9 heteroatoms. The zero-order valence-corrected chi connectivity index (χ0v) is 17.0. The molecule has 1 aromatic carbocycles. The standard InChI is InChI=1S/C22H22F2N6O/c1-21-9-13(19(24)22(2,29-21)10-18(21)23)7-14-11-26-20(28-27-14)16-4-3-15(8-17(16)31)30-6-5-25-12-30/h3-8,11-12,18-19,29,31H,9-10H2,1-2H3/b13-7+/t18-,19+,21+,22+/m1/s1/i7D. The van der Waals surface area contributed by atoms with E-state index in [4.69, 9.17) is 1.37 Å². The molecule has 160 valence electrons. The van der Waals surface area contributed by atoms with Crippen molar-refractivity contribution in [2.75, 3.05) is 0 Å². The maximum atomic E-state index is 15.2. The average Bonchev–Trinajstić information content (AvgIpc) is 3.37. The summed E-state index contributed by atoms with van der Waals surface area (Å²) in [5, 5.41) is 21.6. The summed E-state index contributed by atoms with van der Waals surface area (Å²) < 4.78 is 40.0. The predicted octanol–water partition coefficient (Wildman–Crippen LogP) is 3.40. The van der Waals surface area contributed by atoms with E-state index in [1.165, 1.54) is 6.20 Å². The molecule has 2 N–H and O–H groups in total. The Morgan fingerprint density at radius 1 is 1.29 bits per heavy atom. The van der Waals surface area contributed by atoms with Gasteiger partial charge in [-0.05, 0) is 44.0 Å². The van der Waals surface area contributed by atoms with Crippen LogP contribution < -0.4 is 5.32 Å². The first-order chi connectivity index (χ1) is 15.2. The van der Waals surface area contributed by atoms with Crippen LogP contribution in [0.1, 0.15) is 33.8 Å². The lowest BCUT2D eigenvalue weighted by molar-refractivity contribution is 0.151. The van der Waals surface area contributed by atoms with Crippen molar-refractivity contribution in [3.8, 4) is 22.8 Å². The van der Waals surface area contributed by atoms with Crippen molar-refractivity contribution in [1.29, 1.82) is 0 Å². The van der Waals surface area contributed by atoms with E-state index in [0.29, 0.717) is 11.3 Å². The Morgan fingerprint density at radius 3 is 2.81 bits per heavy atom. The van der Waals surface area contributed by atoms with Crippen LogP contribution in [0.2, 0.25) is 0 Å². The van der Waals surface area contributed by atoms with Crippen LogP contribution in [-0.2, 0) is 0 Å². The lowest BCUT2D eigenvalue weighted by Gasteiger charge is -2.41. The first-order valence-electron chi connectivity index (χ1n) is 10.5. The second kappa shape index (κ2) is 6.91. The summed E-state index contributed by atoms with van der Waals surface area (Å²) in [5.41, 5.74) is -0.583. The van der Waals surface area contributed by atoms with E-state index >= 15 is 4.39 Å². The molecule has 2 fully saturated rings. The maximum absolute atomic E-state index is 15.2. The van der Waals surface area contributed by atoms with Gasteiger partial charge in [0.1, 0.15) is 23.8 Å². The molecule has 0 amide bonds. The molecule has 0 spiro atoms. The van der Waals surface area contributed by atoms with Crippen molar-refractivity contribution in [2.45, 2.75) is 50.1 Å². The van der Waals surface area contributed by atoms with Gasteiger partial charge in [0.05, 0.1) is 36.2 Å². The van der Waals surface area contributed by atoms with Crippen molar-refractivity contribution >= 4 is 6.05 Å². The van der Waals surface area contributed by atoms with Gasteiger partial charge < -0.3 is 15.0 Å². The fourth-order valence-corrected chi connectivity index (χ4v) is 4.58. The number of benzene rings is 1. The second-order valence-electron chi connectivity index (χ2n) is 8.66. The summed E-state index contributed by atoms with van der Waals surface area (Å²) >= 11 is 0. The molecule has 0 unspecified atom stereocenters. The van der Waals surface area contributed by atoms with E-state index in [9.17, 15) is 9.50 Å². The maximum Gasteiger partial charge on any atom is 0.185 e. The third-order valence-electron chi connectivity index (χ3n) is 6.16. The van der Waals surface area contributed by atoms with Crippen LogP contribution in [-0.4, -0.2) is 53.3 Å². The number of imidazole rings is 1. The van der Waals surface area contributed by atoms with Gasteiger partial charge in [0.2, 0.25) is 0 Å². The van der Waals surface area contributed by atoms with Crippen molar-refractivity contribution < 1.29 is 15.3 Å². The topological polar surface area (TPSA) is 88.8 Å². The van der Waals surface area contributed by atoms with Crippen molar-refractivity contribution in [3.05, 3.63) is 54.4 Å². The number of nitrogens with one attached hydrogen (secondary N) is 1. The SMILES string of the molecule is [2H]/C(=C1/C[C@]2(C)N[C@@](C)(C[C@H]2F)[C@H]1F)c1cnc(-c2ccc(-n3ccnc3)cc2O)nn1. The van der Waals surface area contributed by atoms with Gasteiger partial charge in [0.15, 0.2) is 5.82 Å². The quantitative estimate of drug-likeness (QED) is 0.669. The minimum absolute atomic E-state index is 0.0382. The van der Waals surface area contributed by atoms with Crippen LogP contribution in [0.3, 0.4) is 0 Å². The Morgan fingerprint density at radius 2 is 2.13 bits per heavy atom. The summed E-state index contributed by atoms with van der Waals surface area (Å²) in [5.74, 6) is 0.134. The van der Waals surface area contributed by atoms with E-state index in [-0.39, 0.29) is 41.7 Å². The zero-order chi connectivity index (χ0) is 22.7. The number of alkyl halides is 2. The highest BCUT2D eigenvalue weighted by atomic mass is 19.1. The highest BCUT2D eigenvalue weighted by Gasteiger charge is 2.58. The zero-order valence-electron chi connectivity index (χ0n) is 18.0. The van der Waals surface area contributed by atoms with Crippen LogP contribution in [0.15, 0.2) is 48.7 Å². The molecule has 2 bridgehead atoms. The molecule has 4 atom stereocenters. The van der Waals surface area contributed by atoms with Crippen molar-refractivity contribution in [3.63, 3.8) is 0 Å². The Kier molecular flexibility index (Phi) is 4.14. The van der Waals surface area contributed by atoms with Gasteiger partial charge in [-0.1, -0.05) is 0 Å². The number of hydrogen-bond donors (Lipinski definition) is 2. The van der Waals surface area contributed by atoms with Crippen molar-refractivity contribution in [1.82, 2.24) is 30.0 Å². The third kappa shape index (κ3) is 3.29. The Balaban J connectivity index is 1.45. The molecule has 2 aromatic heterocycles. The molecule has 7 nitrogen and oxygen atoms in total. The predicted molar refractivity (Wildman–Crippen MR) is 111 cm³/mol. The summed E-state index contributed by atoms with van der Waals surface area (Å²) in [7, 11) is 0. The molecule has 0 aliphatic carbocycles. The van der Waals surface area contributed by atoms with Gasteiger partial charge in [0, 0.05) is 24.9 Å². The molecule has 0 saturated carbocycles. The summed E-state index contributed by atoms with van der Waals surface area (Å²) in [6.45, 7) is 3.36. The highest BCUT2D eigenvalue weighted by molar-refractivity contribution is 5.66. The van der Waals surface area contributed by atoms with Gasteiger partial charge >= 0.3 is 0 Å². The lowest BCUT2D eigenvalue weighted by atomic mass is 9.82. The monoisotopic (exact) mass is 425 g/mol. The van der Waals surface area contributed by atoms with Crippen LogP contribution in [0.5, 0.6) is 5.75 Å². The van der Waals surface area contributed by atoms with Crippen LogP contribution in [0.25, 0.3) is 23.1 Å². The summed E-state index contributed by atoms with van der Waals surface area (Å²) in [6, 6.07) is 4.86. The number of piperidine rings is 1. The Hall–Kier alpha value is -3.20. The van der Waals surface area contributed by atoms with Gasteiger partial charge in [-0.15, -0.1) is 10.2 Å². The van der Waals surface area contributed by atoms with Crippen LogP contribution >= 0.6 is 0 Å². The average molecular weight is 425 g/mol. The third-order valence-corrected chi connectivity index (χ3v) is 6.16. The number of phenols is 1. The molecule has 3 aromatic rings. The first kappa shape index (κ1) is 18.6. The largest absolute Gasteiger partial charge is 0.507 e. The molecule has 2 saturated heterocycles. The number of aromatic nitrogens is 5. The molecular weight excluding hydrogens is 402 g/mol. The van der Waals surface area contributed by atoms with Gasteiger partial charge in [-0.25, -0.2) is 18.7 Å². The molecule has 31 heavy (non-hydrogen) atoms. The molecular formula is C22H22F2N6O. The van der Waals surface area contributed by atoms with E-state index in [1.54, 1.807) is 55.3 Å². The molecule has 2 aliphatic rings. The van der Waals surface area contributed by atoms with Crippen molar-refractivity contribution in [2.24, 2.45) is 0 Å². The number of aromatic hydroxyl groups is 1.